The van der Waals surface area contributed by atoms with Gasteiger partial charge in [-0.2, -0.15) is 0 Å². The molecule has 154 valence electrons. The molecule has 31 heavy (non-hydrogen) atoms. The van der Waals surface area contributed by atoms with Crippen molar-refractivity contribution >= 4 is 42.5 Å². The van der Waals surface area contributed by atoms with Gasteiger partial charge in [-0.25, -0.2) is 12.8 Å². The minimum absolute atomic E-state index is 0.0319. The minimum atomic E-state index is -4.08. The zero-order valence-corrected chi connectivity index (χ0v) is 18.6. The van der Waals surface area contributed by atoms with Crippen LogP contribution in [0.15, 0.2) is 76.5 Å². The molecule has 4 aromatic rings. The highest BCUT2D eigenvalue weighted by Gasteiger charge is 2.23. The number of fused-ring (bicyclic) bond motifs is 1. The molecule has 2 aromatic carbocycles. The van der Waals surface area contributed by atoms with Crippen molar-refractivity contribution in [2.75, 3.05) is 4.72 Å². The third-order valence-electron chi connectivity index (χ3n) is 4.50. The summed E-state index contributed by atoms with van der Waals surface area (Å²) in [6.45, 7) is 1.69. The molecule has 0 saturated carbocycles. The van der Waals surface area contributed by atoms with Gasteiger partial charge in [-0.15, -0.1) is 0 Å². The standard InChI is InChI=1S/C23H15BrFN3O2S/c1-15-6-8-17-5-3-11-27-22(17)23(15)31(29,30)28-21-13-20(25)19(24)12-18(21)9-7-16-4-2-10-26-14-16/h2-6,8,10-14,28H,1H3. The highest BCUT2D eigenvalue weighted by atomic mass is 79.9. The summed E-state index contributed by atoms with van der Waals surface area (Å²) in [7, 11) is -4.08. The molecule has 2 aromatic heterocycles. The Bertz CT molecular complexity index is 1460. The van der Waals surface area contributed by atoms with Gasteiger partial charge in [0.25, 0.3) is 10.0 Å². The van der Waals surface area contributed by atoms with Gasteiger partial charge in [0.15, 0.2) is 0 Å². The lowest BCUT2D eigenvalue weighted by Gasteiger charge is -2.14. The van der Waals surface area contributed by atoms with E-state index in [1.807, 2.05) is 0 Å². The smallest absolute Gasteiger partial charge is 0.264 e. The number of nitrogens with one attached hydrogen (secondary N) is 1. The van der Waals surface area contributed by atoms with Gasteiger partial charge in [0, 0.05) is 35.6 Å². The molecule has 5 nitrogen and oxygen atoms in total. The SMILES string of the molecule is Cc1ccc2cccnc2c1S(=O)(=O)Nc1cc(F)c(Br)cc1C#Cc1cccnc1. The maximum atomic E-state index is 14.3. The normalized spacial score (nSPS) is 11.1. The zero-order valence-electron chi connectivity index (χ0n) is 16.2. The Balaban J connectivity index is 1.82. The first-order valence-electron chi connectivity index (χ1n) is 9.13. The Labute approximate surface area is 187 Å². The molecule has 0 amide bonds. The summed E-state index contributed by atoms with van der Waals surface area (Å²) < 4.78 is 43.6. The van der Waals surface area contributed by atoms with E-state index in [-0.39, 0.29) is 15.1 Å². The fraction of sp³-hybridized carbons (Fsp3) is 0.0435. The summed E-state index contributed by atoms with van der Waals surface area (Å²) in [5.41, 5.74) is 1.86. The van der Waals surface area contributed by atoms with Gasteiger partial charge in [0.1, 0.15) is 10.7 Å². The van der Waals surface area contributed by atoms with Crippen LogP contribution in [0, 0.1) is 24.6 Å². The van der Waals surface area contributed by atoms with E-state index in [9.17, 15) is 12.8 Å². The number of halogens is 2. The van der Waals surface area contributed by atoms with E-state index in [0.29, 0.717) is 27.6 Å². The van der Waals surface area contributed by atoms with Crippen molar-refractivity contribution in [3.63, 3.8) is 0 Å². The first-order chi connectivity index (χ1) is 14.8. The van der Waals surface area contributed by atoms with Crippen molar-refractivity contribution in [3.05, 3.63) is 94.1 Å². The van der Waals surface area contributed by atoms with Crippen LogP contribution in [0.1, 0.15) is 16.7 Å². The van der Waals surface area contributed by atoms with Crippen molar-refractivity contribution in [1.29, 1.82) is 0 Å². The molecule has 2 heterocycles. The molecule has 0 aliphatic rings. The third kappa shape index (κ3) is 4.43. The fourth-order valence-electron chi connectivity index (χ4n) is 3.07. The van der Waals surface area contributed by atoms with Gasteiger partial charge in [-0.3, -0.25) is 14.7 Å². The molecule has 0 aliphatic heterocycles. The van der Waals surface area contributed by atoms with Crippen LogP contribution in [0.2, 0.25) is 0 Å². The van der Waals surface area contributed by atoms with Crippen LogP contribution >= 0.6 is 15.9 Å². The van der Waals surface area contributed by atoms with E-state index >= 15 is 0 Å². The number of hydrogen-bond acceptors (Lipinski definition) is 4. The van der Waals surface area contributed by atoms with Crippen molar-refractivity contribution < 1.29 is 12.8 Å². The zero-order chi connectivity index (χ0) is 22.0. The average molecular weight is 496 g/mol. The quantitative estimate of drug-likeness (QED) is 0.404. The van der Waals surface area contributed by atoms with Gasteiger partial charge in [-0.1, -0.05) is 30.0 Å². The Hall–Kier alpha value is -3.28. The number of anilines is 1. The van der Waals surface area contributed by atoms with Gasteiger partial charge < -0.3 is 0 Å². The Kier molecular flexibility index (Phi) is 5.72. The second-order valence-electron chi connectivity index (χ2n) is 6.70. The molecule has 0 fully saturated rings. The molecule has 0 bridgehead atoms. The van der Waals surface area contributed by atoms with Crippen molar-refractivity contribution in [2.45, 2.75) is 11.8 Å². The second-order valence-corrected chi connectivity index (χ2v) is 9.17. The van der Waals surface area contributed by atoms with Crippen molar-refractivity contribution in [2.24, 2.45) is 0 Å². The average Bonchev–Trinajstić information content (AvgIpc) is 2.75. The molecule has 0 radical (unpaired) electrons. The summed E-state index contributed by atoms with van der Waals surface area (Å²) >= 11 is 3.13. The number of benzene rings is 2. The van der Waals surface area contributed by atoms with Crippen LogP contribution < -0.4 is 4.72 Å². The summed E-state index contributed by atoms with van der Waals surface area (Å²) in [4.78, 5) is 8.28. The second kappa shape index (κ2) is 8.46. The molecule has 8 heteroatoms. The van der Waals surface area contributed by atoms with E-state index in [1.54, 1.807) is 55.7 Å². The number of aromatic nitrogens is 2. The lowest BCUT2D eigenvalue weighted by molar-refractivity contribution is 0.601. The molecule has 4 rings (SSSR count). The van der Waals surface area contributed by atoms with Crippen LogP contribution in [0.5, 0.6) is 0 Å². The Morgan fingerprint density at radius 3 is 2.65 bits per heavy atom. The summed E-state index contributed by atoms with van der Waals surface area (Å²) in [5, 5.41) is 0.687. The maximum absolute atomic E-state index is 14.3. The van der Waals surface area contributed by atoms with Gasteiger partial charge >= 0.3 is 0 Å². The lowest BCUT2D eigenvalue weighted by atomic mass is 10.1. The Morgan fingerprint density at radius 1 is 1.06 bits per heavy atom. The molecule has 1 N–H and O–H groups in total. The van der Waals surface area contributed by atoms with Crippen molar-refractivity contribution in [3.8, 4) is 11.8 Å². The number of nitrogens with zero attached hydrogens (tertiary/aromatic N) is 2. The summed E-state index contributed by atoms with van der Waals surface area (Å²) in [5.74, 6) is 5.19. The van der Waals surface area contributed by atoms with Crippen LogP contribution in [-0.4, -0.2) is 18.4 Å². The highest BCUT2D eigenvalue weighted by Crippen LogP contribution is 2.30. The molecule has 0 aliphatic carbocycles. The molecular formula is C23H15BrFN3O2S. The monoisotopic (exact) mass is 495 g/mol. The van der Waals surface area contributed by atoms with Gasteiger partial charge in [0.2, 0.25) is 0 Å². The summed E-state index contributed by atoms with van der Waals surface area (Å²) in [6, 6.07) is 13.1. The van der Waals surface area contributed by atoms with E-state index in [1.165, 1.54) is 12.3 Å². The van der Waals surface area contributed by atoms with Crippen LogP contribution in [0.4, 0.5) is 10.1 Å². The first-order valence-corrected chi connectivity index (χ1v) is 11.4. The van der Waals surface area contributed by atoms with Crippen LogP contribution in [0.3, 0.4) is 0 Å². The number of hydrogen-bond donors (Lipinski definition) is 1. The lowest BCUT2D eigenvalue weighted by Crippen LogP contribution is -2.16. The molecule has 0 saturated heterocycles. The number of sulfonamides is 1. The number of pyridine rings is 2. The van der Waals surface area contributed by atoms with E-state index in [4.69, 9.17) is 0 Å². The predicted molar refractivity (Wildman–Crippen MR) is 122 cm³/mol. The molecule has 0 unspecified atom stereocenters. The third-order valence-corrected chi connectivity index (χ3v) is 6.65. The largest absolute Gasteiger partial charge is 0.278 e. The topological polar surface area (TPSA) is 72.0 Å². The van der Waals surface area contributed by atoms with E-state index in [2.05, 4.69) is 42.5 Å². The number of aryl methyl sites for hydroxylation is 1. The van der Waals surface area contributed by atoms with E-state index < -0.39 is 15.8 Å². The summed E-state index contributed by atoms with van der Waals surface area (Å²) in [6.07, 6.45) is 4.74. The number of rotatable bonds is 3. The maximum Gasteiger partial charge on any atom is 0.264 e. The minimum Gasteiger partial charge on any atom is -0.278 e. The highest BCUT2D eigenvalue weighted by molar-refractivity contribution is 9.10. The molecule has 0 atom stereocenters. The Morgan fingerprint density at radius 2 is 1.87 bits per heavy atom. The van der Waals surface area contributed by atoms with E-state index in [0.717, 1.165) is 6.07 Å². The van der Waals surface area contributed by atoms with Crippen LogP contribution in [0.25, 0.3) is 10.9 Å². The predicted octanol–water partition coefficient (Wildman–Crippen LogP) is 5.04. The van der Waals surface area contributed by atoms with Crippen LogP contribution in [-0.2, 0) is 10.0 Å². The van der Waals surface area contributed by atoms with Crippen molar-refractivity contribution in [1.82, 2.24) is 9.97 Å². The van der Waals surface area contributed by atoms with Gasteiger partial charge in [0.05, 0.1) is 21.2 Å². The molecular weight excluding hydrogens is 481 g/mol. The first kappa shape index (κ1) is 21.0. The van der Waals surface area contributed by atoms with Gasteiger partial charge in [-0.05, 0) is 52.7 Å². The molecule has 0 spiro atoms. The fourth-order valence-corrected chi connectivity index (χ4v) is 4.89.